The molecule has 0 saturated heterocycles. The molecule has 80 valence electrons. The Hall–Kier alpha value is -1.12. The fourth-order valence-corrected chi connectivity index (χ4v) is 3.60. The van der Waals surface area contributed by atoms with Gasteiger partial charge in [0.25, 0.3) is 0 Å². The first kappa shape index (κ1) is 10.1. The number of hydrogen-bond donors (Lipinski definition) is 0. The Morgan fingerprint density at radius 2 is 2.00 bits per heavy atom. The molecule has 0 amide bonds. The van der Waals surface area contributed by atoms with Crippen molar-refractivity contribution >= 4 is 32.8 Å². The second kappa shape index (κ2) is 4.04. The van der Waals surface area contributed by atoms with Crippen molar-refractivity contribution in [2.75, 3.05) is 0 Å². The van der Waals surface area contributed by atoms with Crippen LogP contribution in [0.25, 0.3) is 10.1 Å². The molecule has 2 aromatic heterocycles. The molecule has 3 aromatic rings. The number of rotatable bonds is 2. The molecule has 0 saturated carbocycles. The summed E-state index contributed by atoms with van der Waals surface area (Å²) < 4.78 is 1.38. The zero-order valence-corrected chi connectivity index (χ0v) is 10.7. The van der Waals surface area contributed by atoms with E-state index in [1.54, 1.807) is 0 Å². The minimum absolute atomic E-state index is 1.06. The van der Waals surface area contributed by atoms with Crippen molar-refractivity contribution in [1.29, 1.82) is 0 Å². The Labute approximate surface area is 103 Å². The lowest BCUT2D eigenvalue weighted by Gasteiger charge is -1.99. The van der Waals surface area contributed by atoms with Gasteiger partial charge >= 0.3 is 0 Å². The molecule has 0 fully saturated rings. The quantitative estimate of drug-likeness (QED) is 0.604. The maximum atomic E-state index is 2.31. The minimum Gasteiger partial charge on any atom is -0.145 e. The van der Waals surface area contributed by atoms with Crippen LogP contribution < -0.4 is 0 Å². The third-order valence-electron chi connectivity index (χ3n) is 2.69. The summed E-state index contributed by atoms with van der Waals surface area (Å²) in [4.78, 5) is 2.85. The predicted molar refractivity (Wildman–Crippen MR) is 73.7 cm³/mol. The van der Waals surface area contributed by atoms with E-state index in [4.69, 9.17) is 0 Å². The van der Waals surface area contributed by atoms with Gasteiger partial charge in [-0.15, -0.1) is 22.7 Å². The summed E-state index contributed by atoms with van der Waals surface area (Å²) >= 11 is 3.70. The van der Waals surface area contributed by atoms with Gasteiger partial charge < -0.3 is 0 Å². The van der Waals surface area contributed by atoms with Gasteiger partial charge in [-0.3, -0.25) is 0 Å². The summed E-state index contributed by atoms with van der Waals surface area (Å²) in [7, 11) is 0. The highest BCUT2D eigenvalue weighted by molar-refractivity contribution is 7.17. The average molecular weight is 244 g/mol. The highest BCUT2D eigenvalue weighted by atomic mass is 32.1. The molecule has 0 aliphatic rings. The lowest BCUT2D eigenvalue weighted by atomic mass is 10.1. The van der Waals surface area contributed by atoms with E-state index in [-0.39, 0.29) is 0 Å². The van der Waals surface area contributed by atoms with Crippen molar-refractivity contribution in [3.63, 3.8) is 0 Å². The zero-order chi connectivity index (χ0) is 11.0. The first-order chi connectivity index (χ1) is 7.81. The molecule has 2 heteroatoms. The first-order valence-corrected chi connectivity index (χ1v) is 7.02. The molecule has 0 unspecified atom stereocenters. The average Bonchev–Trinajstić information content (AvgIpc) is 2.87. The SMILES string of the molecule is Cc1ccc(Cc2ccc3sccc3c2)s1. The zero-order valence-electron chi connectivity index (χ0n) is 9.07. The topological polar surface area (TPSA) is 0 Å². The molecule has 0 aliphatic heterocycles. The van der Waals surface area contributed by atoms with Gasteiger partial charge in [0.1, 0.15) is 0 Å². The van der Waals surface area contributed by atoms with Gasteiger partial charge in [-0.25, -0.2) is 0 Å². The van der Waals surface area contributed by atoms with E-state index >= 15 is 0 Å². The van der Waals surface area contributed by atoms with Crippen molar-refractivity contribution < 1.29 is 0 Å². The molecule has 0 aliphatic carbocycles. The van der Waals surface area contributed by atoms with Crippen LogP contribution in [-0.4, -0.2) is 0 Å². The Morgan fingerprint density at radius 1 is 1.06 bits per heavy atom. The molecule has 0 spiro atoms. The smallest absolute Gasteiger partial charge is 0.0342 e. The molecule has 0 bridgehead atoms. The largest absolute Gasteiger partial charge is 0.145 e. The molecule has 0 atom stereocenters. The Balaban J connectivity index is 1.94. The van der Waals surface area contributed by atoms with E-state index in [2.05, 4.69) is 48.7 Å². The molecule has 2 heterocycles. The monoisotopic (exact) mass is 244 g/mol. The number of thiophene rings is 2. The fraction of sp³-hybridized carbons (Fsp3) is 0.143. The van der Waals surface area contributed by atoms with Crippen LogP contribution in [-0.2, 0) is 6.42 Å². The van der Waals surface area contributed by atoms with Crippen LogP contribution in [0.3, 0.4) is 0 Å². The number of aryl methyl sites for hydroxylation is 1. The third-order valence-corrected chi connectivity index (χ3v) is 4.59. The molecule has 0 N–H and O–H groups in total. The first-order valence-electron chi connectivity index (χ1n) is 5.33. The fourth-order valence-electron chi connectivity index (χ4n) is 1.91. The van der Waals surface area contributed by atoms with Crippen LogP contribution in [0.4, 0.5) is 0 Å². The van der Waals surface area contributed by atoms with Gasteiger partial charge in [0.05, 0.1) is 0 Å². The summed E-state index contributed by atoms with van der Waals surface area (Å²) in [6.45, 7) is 2.16. The lowest BCUT2D eigenvalue weighted by Crippen LogP contribution is -1.82. The molecular formula is C14H12S2. The van der Waals surface area contributed by atoms with Gasteiger partial charge in [0.2, 0.25) is 0 Å². The molecule has 1 aromatic carbocycles. The van der Waals surface area contributed by atoms with Crippen LogP contribution in [0.2, 0.25) is 0 Å². The summed E-state index contributed by atoms with van der Waals surface area (Å²) in [6.07, 6.45) is 1.06. The van der Waals surface area contributed by atoms with Gasteiger partial charge in [-0.05, 0) is 53.6 Å². The molecule has 16 heavy (non-hydrogen) atoms. The van der Waals surface area contributed by atoms with Gasteiger partial charge in [-0.1, -0.05) is 6.07 Å². The minimum atomic E-state index is 1.06. The second-order valence-corrected chi connectivity index (χ2v) is 6.30. The third kappa shape index (κ3) is 1.91. The van der Waals surface area contributed by atoms with Crippen LogP contribution in [0.1, 0.15) is 15.3 Å². The highest BCUT2D eigenvalue weighted by Gasteiger charge is 2.01. The van der Waals surface area contributed by atoms with E-state index in [0.717, 1.165) is 6.42 Å². The summed E-state index contributed by atoms with van der Waals surface area (Å²) in [5.74, 6) is 0. The number of benzene rings is 1. The van der Waals surface area contributed by atoms with E-state index in [0.29, 0.717) is 0 Å². The molecule has 3 rings (SSSR count). The highest BCUT2D eigenvalue weighted by Crippen LogP contribution is 2.24. The predicted octanol–water partition coefficient (Wildman–Crippen LogP) is 4.86. The van der Waals surface area contributed by atoms with Crippen LogP contribution >= 0.6 is 22.7 Å². The van der Waals surface area contributed by atoms with Crippen molar-refractivity contribution in [1.82, 2.24) is 0 Å². The van der Waals surface area contributed by atoms with Crippen molar-refractivity contribution in [2.24, 2.45) is 0 Å². The van der Waals surface area contributed by atoms with E-state index < -0.39 is 0 Å². The molecule has 0 nitrogen and oxygen atoms in total. The molecule has 0 radical (unpaired) electrons. The van der Waals surface area contributed by atoms with Crippen LogP contribution in [0, 0.1) is 6.92 Å². The molecular weight excluding hydrogens is 232 g/mol. The Kier molecular flexibility index (Phi) is 2.54. The lowest BCUT2D eigenvalue weighted by molar-refractivity contribution is 1.25. The van der Waals surface area contributed by atoms with E-state index in [9.17, 15) is 0 Å². The second-order valence-electron chi connectivity index (χ2n) is 3.98. The standard InChI is InChI=1S/C14H12S2/c1-10-2-4-13(16-10)9-11-3-5-14-12(8-11)6-7-15-14/h2-8H,9H2,1H3. The Morgan fingerprint density at radius 3 is 2.81 bits per heavy atom. The van der Waals surface area contributed by atoms with Crippen LogP contribution in [0.5, 0.6) is 0 Å². The number of fused-ring (bicyclic) bond motifs is 1. The normalized spacial score (nSPS) is 11.1. The maximum absolute atomic E-state index is 2.31. The summed E-state index contributed by atoms with van der Waals surface area (Å²) in [5.41, 5.74) is 1.41. The van der Waals surface area contributed by atoms with Crippen molar-refractivity contribution in [3.05, 3.63) is 57.1 Å². The van der Waals surface area contributed by atoms with E-state index in [1.165, 1.54) is 25.4 Å². The van der Waals surface area contributed by atoms with Gasteiger partial charge in [0, 0.05) is 20.9 Å². The van der Waals surface area contributed by atoms with Crippen molar-refractivity contribution in [3.8, 4) is 0 Å². The van der Waals surface area contributed by atoms with Crippen molar-refractivity contribution in [2.45, 2.75) is 13.3 Å². The van der Waals surface area contributed by atoms with Gasteiger partial charge in [-0.2, -0.15) is 0 Å². The summed E-state index contributed by atoms with van der Waals surface area (Å²) in [6, 6.07) is 13.4. The Bertz CT molecular complexity index is 616. The summed E-state index contributed by atoms with van der Waals surface area (Å²) in [5, 5.41) is 3.53. The maximum Gasteiger partial charge on any atom is 0.0342 e. The van der Waals surface area contributed by atoms with Gasteiger partial charge in [0.15, 0.2) is 0 Å². The van der Waals surface area contributed by atoms with E-state index in [1.807, 2.05) is 22.7 Å². The number of hydrogen-bond acceptors (Lipinski definition) is 2. The van der Waals surface area contributed by atoms with Crippen LogP contribution in [0.15, 0.2) is 41.8 Å².